The first kappa shape index (κ1) is 18.9. The van der Waals surface area contributed by atoms with Crippen molar-refractivity contribution in [3.05, 3.63) is 94.5 Å². The average Bonchev–Trinajstić information content (AvgIpc) is 2.79. The Balaban J connectivity index is 1.45. The third kappa shape index (κ3) is 3.96. The first-order valence-corrected chi connectivity index (χ1v) is 10.7. The first-order chi connectivity index (χ1) is 14.8. The molecule has 0 aliphatic heterocycles. The number of para-hydroxylation sites is 1. The van der Waals surface area contributed by atoms with Crippen molar-refractivity contribution in [1.82, 2.24) is 9.97 Å². The molecule has 5 heteroatoms. The molecule has 1 heterocycles. The molecule has 0 radical (unpaired) electrons. The number of benzene rings is 3. The van der Waals surface area contributed by atoms with Gasteiger partial charge in [0.25, 0.3) is 0 Å². The zero-order chi connectivity index (χ0) is 20.3. The first-order valence-electron chi connectivity index (χ1n) is 10.4. The summed E-state index contributed by atoms with van der Waals surface area (Å²) in [5, 5.41) is 8.86. The fourth-order valence-electron chi connectivity index (χ4n) is 4.12. The highest BCUT2D eigenvalue weighted by atomic mass is 35.5. The molecule has 0 bridgehead atoms. The van der Waals surface area contributed by atoms with E-state index in [1.807, 2.05) is 42.5 Å². The van der Waals surface area contributed by atoms with Gasteiger partial charge >= 0.3 is 0 Å². The third-order valence-electron chi connectivity index (χ3n) is 5.65. The van der Waals surface area contributed by atoms with E-state index in [-0.39, 0.29) is 6.04 Å². The predicted molar refractivity (Wildman–Crippen MR) is 124 cm³/mol. The van der Waals surface area contributed by atoms with Gasteiger partial charge in [-0.2, -0.15) is 4.98 Å². The fraction of sp³-hybridized carbons (Fsp3) is 0.200. The van der Waals surface area contributed by atoms with E-state index < -0.39 is 0 Å². The van der Waals surface area contributed by atoms with Crippen molar-refractivity contribution in [2.24, 2.45) is 0 Å². The number of nitrogens with zero attached hydrogens (tertiary/aromatic N) is 2. The van der Waals surface area contributed by atoms with Gasteiger partial charge in [-0.15, -0.1) is 0 Å². The lowest BCUT2D eigenvalue weighted by atomic mass is 9.88. The lowest BCUT2D eigenvalue weighted by Crippen LogP contribution is -2.18. The molecule has 150 valence electrons. The Morgan fingerprint density at radius 2 is 1.70 bits per heavy atom. The van der Waals surface area contributed by atoms with Crippen molar-refractivity contribution in [1.29, 1.82) is 0 Å². The minimum absolute atomic E-state index is 0.261. The molecular weight excluding hydrogens is 392 g/mol. The van der Waals surface area contributed by atoms with Gasteiger partial charge in [-0.1, -0.05) is 60.1 Å². The van der Waals surface area contributed by atoms with Crippen LogP contribution in [0.5, 0.6) is 0 Å². The van der Waals surface area contributed by atoms with Crippen molar-refractivity contribution < 1.29 is 0 Å². The minimum atomic E-state index is 0.261. The van der Waals surface area contributed by atoms with Crippen LogP contribution in [0.4, 0.5) is 11.8 Å². The smallest absolute Gasteiger partial charge is 0.225 e. The molecule has 0 saturated carbocycles. The Hall–Kier alpha value is -3.11. The van der Waals surface area contributed by atoms with Crippen molar-refractivity contribution in [3.8, 4) is 0 Å². The molecule has 0 saturated heterocycles. The molecule has 1 aromatic heterocycles. The molecule has 5 rings (SSSR count). The number of hydrogen-bond acceptors (Lipinski definition) is 4. The highest BCUT2D eigenvalue weighted by Crippen LogP contribution is 2.34. The molecule has 4 nitrogen and oxygen atoms in total. The summed E-state index contributed by atoms with van der Waals surface area (Å²) in [5.74, 6) is 1.50. The molecule has 0 amide bonds. The van der Waals surface area contributed by atoms with Gasteiger partial charge in [0.1, 0.15) is 5.82 Å². The second-order valence-corrected chi connectivity index (χ2v) is 8.12. The van der Waals surface area contributed by atoms with Crippen LogP contribution < -0.4 is 10.6 Å². The minimum Gasteiger partial charge on any atom is -0.363 e. The van der Waals surface area contributed by atoms with E-state index >= 15 is 0 Å². The number of fused-ring (bicyclic) bond motifs is 2. The van der Waals surface area contributed by atoms with Crippen LogP contribution in [0.15, 0.2) is 72.8 Å². The van der Waals surface area contributed by atoms with E-state index in [1.165, 1.54) is 17.5 Å². The predicted octanol–water partition coefficient (Wildman–Crippen LogP) is 6.38. The molecule has 1 aliphatic carbocycles. The van der Waals surface area contributed by atoms with Crippen LogP contribution in [-0.2, 0) is 13.0 Å². The Kier molecular flexibility index (Phi) is 5.24. The van der Waals surface area contributed by atoms with Gasteiger partial charge in [0.2, 0.25) is 5.95 Å². The average molecular weight is 415 g/mol. The largest absolute Gasteiger partial charge is 0.363 e. The van der Waals surface area contributed by atoms with Gasteiger partial charge in [-0.05, 0) is 60.2 Å². The molecule has 4 aromatic rings. The van der Waals surface area contributed by atoms with Gasteiger partial charge in [0.15, 0.2) is 0 Å². The highest BCUT2D eigenvalue weighted by molar-refractivity contribution is 6.30. The van der Waals surface area contributed by atoms with E-state index in [9.17, 15) is 0 Å². The Bertz CT molecular complexity index is 1170. The van der Waals surface area contributed by atoms with Crippen LogP contribution in [0.1, 0.15) is 35.6 Å². The van der Waals surface area contributed by atoms with E-state index in [0.717, 1.165) is 40.1 Å². The number of halogens is 1. The Morgan fingerprint density at radius 3 is 2.60 bits per heavy atom. The summed E-state index contributed by atoms with van der Waals surface area (Å²) in [7, 11) is 0. The monoisotopic (exact) mass is 414 g/mol. The molecule has 0 fully saturated rings. The van der Waals surface area contributed by atoms with Crippen LogP contribution in [0.25, 0.3) is 10.9 Å². The number of nitrogens with one attached hydrogen (secondary N) is 2. The normalized spacial score (nSPS) is 15.6. The van der Waals surface area contributed by atoms with E-state index in [2.05, 4.69) is 41.0 Å². The summed E-state index contributed by atoms with van der Waals surface area (Å²) in [6.07, 6.45) is 3.43. The van der Waals surface area contributed by atoms with Gasteiger partial charge in [-0.3, -0.25) is 0 Å². The molecule has 1 atom stereocenters. The third-order valence-corrected chi connectivity index (χ3v) is 5.90. The second kappa shape index (κ2) is 8.33. The van der Waals surface area contributed by atoms with Gasteiger partial charge in [0, 0.05) is 17.0 Å². The topological polar surface area (TPSA) is 49.8 Å². The number of aryl methyl sites for hydroxylation is 1. The maximum Gasteiger partial charge on any atom is 0.225 e. The molecule has 3 aromatic carbocycles. The van der Waals surface area contributed by atoms with E-state index in [0.29, 0.717) is 12.5 Å². The number of aromatic nitrogens is 2. The fourth-order valence-corrected chi connectivity index (χ4v) is 4.24. The van der Waals surface area contributed by atoms with Crippen LogP contribution in [-0.4, -0.2) is 9.97 Å². The standard InChI is InChI=1S/C25H23ClN4/c26-19-14-12-17(13-15-19)16-27-25-29-23-10-4-3-9-21(23)24(30-25)28-22-11-5-7-18-6-1-2-8-20(18)22/h1-4,6,8-10,12-15,22H,5,7,11,16H2,(H2,27,28,29,30). The van der Waals surface area contributed by atoms with Crippen LogP contribution >= 0.6 is 11.6 Å². The van der Waals surface area contributed by atoms with Crippen LogP contribution in [0.3, 0.4) is 0 Å². The summed E-state index contributed by atoms with van der Waals surface area (Å²) in [6, 6.07) is 24.9. The number of rotatable bonds is 5. The molecule has 1 unspecified atom stereocenters. The Morgan fingerprint density at radius 1 is 0.900 bits per heavy atom. The SMILES string of the molecule is Clc1ccc(CNc2nc(NC3CCCc4ccccc43)c3ccccc3n2)cc1. The maximum absolute atomic E-state index is 5.99. The van der Waals surface area contributed by atoms with Gasteiger partial charge in [0.05, 0.1) is 11.6 Å². The van der Waals surface area contributed by atoms with Crippen molar-refractivity contribution in [2.75, 3.05) is 10.6 Å². The van der Waals surface area contributed by atoms with Crippen LogP contribution in [0, 0.1) is 0 Å². The van der Waals surface area contributed by atoms with E-state index in [1.54, 1.807) is 0 Å². The molecular formula is C25H23ClN4. The summed E-state index contributed by atoms with van der Waals surface area (Å²) in [6.45, 7) is 0.640. The highest BCUT2D eigenvalue weighted by Gasteiger charge is 2.21. The molecule has 30 heavy (non-hydrogen) atoms. The van der Waals surface area contributed by atoms with Gasteiger partial charge in [-0.25, -0.2) is 4.98 Å². The zero-order valence-corrected chi connectivity index (χ0v) is 17.4. The van der Waals surface area contributed by atoms with Crippen molar-refractivity contribution in [3.63, 3.8) is 0 Å². The summed E-state index contributed by atoms with van der Waals surface area (Å²) < 4.78 is 0. The number of hydrogen-bond donors (Lipinski definition) is 2. The van der Waals surface area contributed by atoms with Crippen molar-refractivity contribution >= 4 is 34.3 Å². The Labute approximate surface area is 181 Å². The summed E-state index contributed by atoms with van der Waals surface area (Å²) >= 11 is 5.99. The maximum atomic E-state index is 5.99. The summed E-state index contributed by atoms with van der Waals surface area (Å²) in [4.78, 5) is 9.56. The quantitative estimate of drug-likeness (QED) is 0.397. The van der Waals surface area contributed by atoms with Crippen LogP contribution in [0.2, 0.25) is 5.02 Å². The summed E-state index contributed by atoms with van der Waals surface area (Å²) in [5.41, 5.74) is 4.87. The molecule has 0 spiro atoms. The lowest BCUT2D eigenvalue weighted by molar-refractivity contribution is 0.599. The number of anilines is 2. The lowest BCUT2D eigenvalue weighted by Gasteiger charge is -2.27. The molecule has 1 aliphatic rings. The van der Waals surface area contributed by atoms with E-state index in [4.69, 9.17) is 21.6 Å². The molecule has 2 N–H and O–H groups in total. The van der Waals surface area contributed by atoms with Crippen molar-refractivity contribution in [2.45, 2.75) is 31.8 Å². The second-order valence-electron chi connectivity index (χ2n) is 7.68. The van der Waals surface area contributed by atoms with Gasteiger partial charge < -0.3 is 10.6 Å². The zero-order valence-electron chi connectivity index (χ0n) is 16.6.